The first-order valence-electron chi connectivity index (χ1n) is 7.17. The fraction of sp³-hybridized carbons (Fsp3) is 0.471. The van der Waals surface area contributed by atoms with Gasteiger partial charge >= 0.3 is 5.97 Å². The van der Waals surface area contributed by atoms with Crippen LogP contribution in [0.4, 0.5) is 0 Å². The van der Waals surface area contributed by atoms with Crippen molar-refractivity contribution >= 4 is 16.9 Å². The van der Waals surface area contributed by atoms with E-state index in [0.717, 1.165) is 22.2 Å². The monoisotopic (exact) mass is 289 g/mol. The number of benzene rings is 1. The minimum atomic E-state index is -0.782. The van der Waals surface area contributed by atoms with Gasteiger partial charge in [-0.05, 0) is 51.8 Å². The summed E-state index contributed by atoms with van der Waals surface area (Å²) in [7, 11) is 1.65. The third kappa shape index (κ3) is 2.89. The highest BCUT2D eigenvalue weighted by atomic mass is 16.5. The fourth-order valence-electron chi connectivity index (χ4n) is 2.55. The van der Waals surface area contributed by atoms with Crippen molar-refractivity contribution in [3.8, 4) is 5.75 Å². The van der Waals surface area contributed by atoms with Gasteiger partial charge in [-0.15, -0.1) is 0 Å². The predicted octanol–water partition coefficient (Wildman–Crippen LogP) is 3.88. The molecule has 4 nitrogen and oxygen atoms in total. The van der Waals surface area contributed by atoms with Crippen LogP contribution in [0.2, 0.25) is 0 Å². The van der Waals surface area contributed by atoms with Gasteiger partial charge in [-0.3, -0.25) is 4.79 Å². The number of fused-ring (bicyclic) bond motifs is 1. The van der Waals surface area contributed by atoms with E-state index in [1.54, 1.807) is 21.0 Å². The van der Waals surface area contributed by atoms with E-state index in [1.807, 2.05) is 18.2 Å². The first kappa shape index (κ1) is 15.4. The molecule has 0 radical (unpaired) electrons. The number of hydrogen-bond donors (Lipinski definition) is 1. The van der Waals surface area contributed by atoms with Crippen LogP contribution in [0.25, 0.3) is 10.9 Å². The summed E-state index contributed by atoms with van der Waals surface area (Å²) in [5, 5.41) is 10.4. The van der Waals surface area contributed by atoms with Gasteiger partial charge < -0.3 is 14.4 Å². The summed E-state index contributed by atoms with van der Waals surface area (Å²) in [5.74, 6) is 0.0352. The number of carboxylic acid groups (broad SMARTS) is 1. The summed E-state index contributed by atoms with van der Waals surface area (Å²) in [5.41, 5.74) is 1.37. The molecule has 0 aliphatic carbocycles. The second kappa shape index (κ2) is 5.43. The molecule has 1 aromatic heterocycles. The standard InChI is InChI=1S/C17H23NO3/c1-11(2)18-10-12(9-17(3,4)16(19)20)14-7-6-13(21-5)8-15(14)18/h6-8,10-11H,9H2,1-5H3,(H,19,20). The van der Waals surface area contributed by atoms with E-state index in [0.29, 0.717) is 12.5 Å². The molecule has 4 heteroatoms. The molecule has 0 atom stereocenters. The number of carboxylic acids is 1. The Morgan fingerprint density at radius 3 is 2.57 bits per heavy atom. The molecule has 1 N–H and O–H groups in total. The molecular weight excluding hydrogens is 266 g/mol. The molecule has 0 saturated heterocycles. The number of nitrogens with zero attached hydrogens (tertiary/aromatic N) is 1. The van der Waals surface area contributed by atoms with Crippen molar-refractivity contribution in [3.63, 3.8) is 0 Å². The molecule has 2 aromatic rings. The highest BCUT2D eigenvalue weighted by molar-refractivity contribution is 5.86. The van der Waals surface area contributed by atoms with E-state index in [2.05, 4.69) is 24.6 Å². The Bertz CT molecular complexity index is 668. The van der Waals surface area contributed by atoms with E-state index < -0.39 is 11.4 Å². The second-order valence-electron chi connectivity index (χ2n) is 6.40. The van der Waals surface area contributed by atoms with Crippen LogP contribution >= 0.6 is 0 Å². The molecule has 0 fully saturated rings. The molecule has 0 saturated carbocycles. The van der Waals surface area contributed by atoms with E-state index in [-0.39, 0.29) is 0 Å². The van der Waals surface area contributed by atoms with Crippen molar-refractivity contribution < 1.29 is 14.6 Å². The summed E-state index contributed by atoms with van der Waals surface area (Å²) >= 11 is 0. The minimum Gasteiger partial charge on any atom is -0.497 e. The normalized spacial score (nSPS) is 12.1. The van der Waals surface area contributed by atoms with Gasteiger partial charge in [0, 0.05) is 23.7 Å². The Morgan fingerprint density at radius 1 is 1.38 bits per heavy atom. The van der Waals surface area contributed by atoms with Crippen molar-refractivity contribution in [2.45, 2.75) is 40.2 Å². The Kier molecular flexibility index (Phi) is 3.99. The summed E-state index contributed by atoms with van der Waals surface area (Å²) in [6.45, 7) is 7.75. The third-order valence-corrected chi connectivity index (χ3v) is 3.89. The number of carbonyl (C=O) groups is 1. The molecule has 1 aromatic carbocycles. The van der Waals surface area contributed by atoms with Crippen LogP contribution in [0.5, 0.6) is 5.75 Å². The second-order valence-corrected chi connectivity index (χ2v) is 6.40. The van der Waals surface area contributed by atoms with Crippen molar-refractivity contribution in [3.05, 3.63) is 30.0 Å². The van der Waals surface area contributed by atoms with E-state index in [9.17, 15) is 9.90 Å². The Labute approximate surface area is 125 Å². The Morgan fingerprint density at radius 2 is 2.05 bits per heavy atom. The molecule has 0 spiro atoms. The maximum atomic E-state index is 11.4. The quantitative estimate of drug-likeness (QED) is 0.908. The predicted molar refractivity (Wildman–Crippen MR) is 84.0 cm³/mol. The topological polar surface area (TPSA) is 51.5 Å². The number of methoxy groups -OCH3 is 1. The number of aliphatic carboxylic acids is 1. The van der Waals surface area contributed by atoms with Crippen LogP contribution in [0, 0.1) is 5.41 Å². The molecule has 21 heavy (non-hydrogen) atoms. The van der Waals surface area contributed by atoms with Crippen molar-refractivity contribution in [2.75, 3.05) is 7.11 Å². The zero-order chi connectivity index (χ0) is 15.8. The van der Waals surface area contributed by atoms with Gasteiger partial charge in [0.2, 0.25) is 0 Å². The van der Waals surface area contributed by atoms with Crippen LogP contribution in [0.3, 0.4) is 0 Å². The molecular formula is C17H23NO3. The first-order chi connectivity index (χ1) is 9.76. The molecule has 0 aliphatic heterocycles. The van der Waals surface area contributed by atoms with Crippen molar-refractivity contribution in [1.82, 2.24) is 4.57 Å². The molecule has 0 bridgehead atoms. The largest absolute Gasteiger partial charge is 0.497 e. The van der Waals surface area contributed by atoms with E-state index in [1.165, 1.54) is 0 Å². The van der Waals surface area contributed by atoms with E-state index >= 15 is 0 Å². The molecule has 1 heterocycles. The zero-order valence-corrected chi connectivity index (χ0v) is 13.3. The van der Waals surface area contributed by atoms with Crippen LogP contribution < -0.4 is 4.74 Å². The SMILES string of the molecule is COc1ccc2c(CC(C)(C)C(=O)O)cn(C(C)C)c2c1. The van der Waals surface area contributed by atoms with Gasteiger partial charge in [-0.2, -0.15) is 0 Å². The fourth-order valence-corrected chi connectivity index (χ4v) is 2.55. The molecule has 114 valence electrons. The van der Waals surface area contributed by atoms with Gasteiger partial charge in [0.1, 0.15) is 5.75 Å². The smallest absolute Gasteiger partial charge is 0.309 e. The number of rotatable bonds is 5. The van der Waals surface area contributed by atoms with Gasteiger partial charge in [0.25, 0.3) is 0 Å². The lowest BCUT2D eigenvalue weighted by Gasteiger charge is -2.18. The molecule has 2 rings (SSSR count). The summed E-state index contributed by atoms with van der Waals surface area (Å²) in [6.07, 6.45) is 2.57. The average Bonchev–Trinajstić information content (AvgIpc) is 2.76. The zero-order valence-electron chi connectivity index (χ0n) is 13.3. The summed E-state index contributed by atoms with van der Waals surface area (Å²) in [4.78, 5) is 11.4. The van der Waals surface area contributed by atoms with Gasteiger partial charge in [-0.1, -0.05) is 0 Å². The molecule has 0 aliphatic rings. The van der Waals surface area contributed by atoms with Crippen LogP contribution in [-0.2, 0) is 11.2 Å². The highest BCUT2D eigenvalue weighted by Gasteiger charge is 2.29. The Balaban J connectivity index is 2.57. The van der Waals surface area contributed by atoms with Gasteiger partial charge in [-0.25, -0.2) is 0 Å². The highest BCUT2D eigenvalue weighted by Crippen LogP contribution is 2.32. The lowest BCUT2D eigenvalue weighted by Crippen LogP contribution is -2.26. The van der Waals surface area contributed by atoms with Gasteiger partial charge in [0.15, 0.2) is 0 Å². The lowest BCUT2D eigenvalue weighted by molar-refractivity contribution is -0.146. The number of hydrogen-bond acceptors (Lipinski definition) is 2. The third-order valence-electron chi connectivity index (χ3n) is 3.89. The van der Waals surface area contributed by atoms with E-state index in [4.69, 9.17) is 4.74 Å². The minimum absolute atomic E-state index is 0.307. The molecule has 0 amide bonds. The molecule has 0 unspecified atom stereocenters. The number of ether oxygens (including phenoxy) is 1. The van der Waals surface area contributed by atoms with Crippen LogP contribution in [-0.4, -0.2) is 22.8 Å². The van der Waals surface area contributed by atoms with Crippen LogP contribution in [0.1, 0.15) is 39.3 Å². The first-order valence-corrected chi connectivity index (χ1v) is 7.17. The summed E-state index contributed by atoms with van der Waals surface area (Å²) < 4.78 is 7.47. The van der Waals surface area contributed by atoms with Crippen molar-refractivity contribution in [2.24, 2.45) is 5.41 Å². The van der Waals surface area contributed by atoms with Crippen LogP contribution in [0.15, 0.2) is 24.4 Å². The maximum absolute atomic E-state index is 11.4. The summed E-state index contributed by atoms with van der Waals surface area (Å²) in [6, 6.07) is 6.25. The average molecular weight is 289 g/mol. The number of aromatic nitrogens is 1. The Hall–Kier alpha value is -1.97. The van der Waals surface area contributed by atoms with Crippen molar-refractivity contribution in [1.29, 1.82) is 0 Å². The lowest BCUT2D eigenvalue weighted by atomic mass is 9.86. The van der Waals surface area contributed by atoms with Gasteiger partial charge in [0.05, 0.1) is 18.0 Å². The maximum Gasteiger partial charge on any atom is 0.309 e.